The molecule has 0 spiro atoms. The summed E-state index contributed by atoms with van der Waals surface area (Å²) < 4.78 is 10.1. The van der Waals surface area contributed by atoms with Gasteiger partial charge in [-0.15, -0.1) is 0 Å². The van der Waals surface area contributed by atoms with E-state index in [9.17, 15) is 4.79 Å². The molecule has 0 aliphatic rings. The second-order valence-electron chi connectivity index (χ2n) is 3.72. The zero-order chi connectivity index (χ0) is 13.4. The van der Waals surface area contributed by atoms with Crippen LogP contribution < -0.4 is 0 Å². The van der Waals surface area contributed by atoms with Crippen LogP contribution in [-0.4, -0.2) is 19.7 Å². The molecule has 98 valence electrons. The van der Waals surface area contributed by atoms with Crippen LogP contribution in [0.25, 0.3) is 0 Å². The van der Waals surface area contributed by atoms with Crippen molar-refractivity contribution in [2.45, 2.75) is 20.0 Å². The average Bonchev–Trinajstić information content (AvgIpc) is 2.40. The number of hydrogen-bond acceptors (Lipinski definition) is 3. The van der Waals surface area contributed by atoms with E-state index < -0.39 is 0 Å². The lowest BCUT2D eigenvalue weighted by molar-refractivity contribution is -0.136. The number of esters is 1. The number of halogens is 1. The first kappa shape index (κ1) is 14.7. The second kappa shape index (κ2) is 7.90. The number of benzene rings is 1. The Morgan fingerprint density at radius 2 is 2.00 bits per heavy atom. The lowest BCUT2D eigenvalue weighted by Gasteiger charge is -2.04. The highest BCUT2D eigenvalue weighted by Crippen LogP contribution is 2.10. The Morgan fingerprint density at radius 3 is 2.56 bits per heavy atom. The highest BCUT2D eigenvalue weighted by molar-refractivity contribution is 6.30. The molecular weight excluding hydrogens is 252 g/mol. The lowest BCUT2D eigenvalue weighted by Crippen LogP contribution is -2.05. The molecule has 0 aliphatic carbocycles. The van der Waals surface area contributed by atoms with Crippen LogP contribution in [0.15, 0.2) is 35.9 Å². The molecule has 0 bridgehead atoms. The molecule has 0 saturated heterocycles. The summed E-state index contributed by atoms with van der Waals surface area (Å²) in [5.41, 5.74) is 1.68. The van der Waals surface area contributed by atoms with Gasteiger partial charge in [0.2, 0.25) is 0 Å². The van der Waals surface area contributed by atoms with E-state index in [1.165, 1.54) is 7.11 Å². The van der Waals surface area contributed by atoms with Gasteiger partial charge in [-0.25, -0.2) is 4.79 Å². The van der Waals surface area contributed by atoms with Crippen molar-refractivity contribution >= 4 is 17.6 Å². The van der Waals surface area contributed by atoms with Gasteiger partial charge in [-0.3, -0.25) is 0 Å². The Balaban J connectivity index is 2.39. The van der Waals surface area contributed by atoms with Crippen molar-refractivity contribution < 1.29 is 14.3 Å². The number of methoxy groups -OCH3 is 1. The van der Waals surface area contributed by atoms with E-state index in [0.29, 0.717) is 30.2 Å². The van der Waals surface area contributed by atoms with Crippen LogP contribution in [-0.2, 0) is 20.9 Å². The van der Waals surface area contributed by atoms with Crippen LogP contribution in [0.2, 0.25) is 5.02 Å². The Labute approximate surface area is 112 Å². The average molecular weight is 269 g/mol. The molecule has 0 aromatic heterocycles. The van der Waals surface area contributed by atoms with Gasteiger partial charge in [-0.05, 0) is 30.2 Å². The van der Waals surface area contributed by atoms with Gasteiger partial charge >= 0.3 is 5.97 Å². The van der Waals surface area contributed by atoms with Crippen LogP contribution in [0.4, 0.5) is 0 Å². The Bertz CT molecular complexity index is 410. The normalized spacial score (nSPS) is 11.4. The Morgan fingerprint density at radius 1 is 1.33 bits per heavy atom. The van der Waals surface area contributed by atoms with Gasteiger partial charge in [-0.1, -0.05) is 30.7 Å². The van der Waals surface area contributed by atoms with Gasteiger partial charge in [0.05, 0.1) is 20.3 Å². The number of carbonyl (C=O) groups is 1. The van der Waals surface area contributed by atoms with Crippen molar-refractivity contribution in [3.05, 3.63) is 46.5 Å². The zero-order valence-corrected chi connectivity index (χ0v) is 11.4. The predicted molar refractivity (Wildman–Crippen MR) is 71.5 cm³/mol. The fourth-order valence-corrected chi connectivity index (χ4v) is 1.55. The summed E-state index contributed by atoms with van der Waals surface area (Å²) in [6.45, 7) is 2.79. The topological polar surface area (TPSA) is 35.5 Å². The van der Waals surface area contributed by atoms with E-state index in [1.54, 1.807) is 6.08 Å². The molecule has 1 aromatic carbocycles. The summed E-state index contributed by atoms with van der Waals surface area (Å²) in [5.74, 6) is -0.299. The van der Waals surface area contributed by atoms with E-state index >= 15 is 0 Å². The van der Waals surface area contributed by atoms with E-state index in [4.69, 9.17) is 16.3 Å². The molecule has 0 fully saturated rings. The van der Waals surface area contributed by atoms with Crippen LogP contribution in [0, 0.1) is 0 Å². The fourth-order valence-electron chi connectivity index (χ4n) is 1.42. The lowest BCUT2D eigenvalue weighted by atomic mass is 10.2. The van der Waals surface area contributed by atoms with Gasteiger partial charge in [0.1, 0.15) is 0 Å². The summed E-state index contributed by atoms with van der Waals surface area (Å²) >= 11 is 5.78. The zero-order valence-electron chi connectivity index (χ0n) is 10.6. The van der Waals surface area contributed by atoms with E-state index in [2.05, 4.69) is 4.74 Å². The van der Waals surface area contributed by atoms with E-state index in [-0.39, 0.29) is 5.97 Å². The maximum Gasteiger partial charge on any atom is 0.333 e. The molecule has 0 saturated carbocycles. The molecule has 0 atom stereocenters. The van der Waals surface area contributed by atoms with Crippen molar-refractivity contribution in [2.24, 2.45) is 0 Å². The number of ether oxygens (including phenoxy) is 2. The molecule has 1 rings (SSSR count). The van der Waals surface area contributed by atoms with Crippen LogP contribution >= 0.6 is 11.6 Å². The van der Waals surface area contributed by atoms with Crippen molar-refractivity contribution in [1.29, 1.82) is 0 Å². The van der Waals surface area contributed by atoms with Crippen LogP contribution in [0.5, 0.6) is 0 Å². The Hall–Kier alpha value is -1.32. The molecule has 0 unspecified atom stereocenters. The number of rotatable bonds is 6. The fraction of sp³-hybridized carbons (Fsp3) is 0.357. The molecule has 18 heavy (non-hydrogen) atoms. The van der Waals surface area contributed by atoms with Crippen LogP contribution in [0.1, 0.15) is 18.9 Å². The highest BCUT2D eigenvalue weighted by Gasteiger charge is 2.05. The van der Waals surface area contributed by atoms with Crippen molar-refractivity contribution in [1.82, 2.24) is 0 Å². The minimum Gasteiger partial charge on any atom is -0.466 e. The number of hydrogen-bond donors (Lipinski definition) is 0. The molecule has 3 nitrogen and oxygen atoms in total. The number of carbonyl (C=O) groups excluding carboxylic acids is 1. The maximum absolute atomic E-state index is 11.3. The van der Waals surface area contributed by atoms with E-state index in [0.717, 1.165) is 5.56 Å². The predicted octanol–water partition coefficient (Wildman–Crippen LogP) is 3.37. The first-order chi connectivity index (χ1) is 8.67. The maximum atomic E-state index is 11.3. The standard InChI is InChI=1S/C14H17ClO3/c1-3-12(14(16)17-2)8-9-18-10-11-4-6-13(15)7-5-11/h4-8H,3,9-10H2,1-2H3. The van der Waals surface area contributed by atoms with Crippen LogP contribution in [0.3, 0.4) is 0 Å². The Kier molecular flexibility index (Phi) is 6.47. The summed E-state index contributed by atoms with van der Waals surface area (Å²) in [4.78, 5) is 11.3. The van der Waals surface area contributed by atoms with Gasteiger partial charge in [0, 0.05) is 10.6 Å². The first-order valence-electron chi connectivity index (χ1n) is 5.77. The second-order valence-corrected chi connectivity index (χ2v) is 4.15. The SMILES string of the molecule is CCC(=CCOCc1ccc(Cl)cc1)C(=O)OC. The minimum absolute atomic E-state index is 0.299. The summed E-state index contributed by atoms with van der Waals surface area (Å²) in [5, 5.41) is 0.706. The summed E-state index contributed by atoms with van der Waals surface area (Å²) in [7, 11) is 1.38. The van der Waals surface area contributed by atoms with Gasteiger partial charge in [-0.2, -0.15) is 0 Å². The quantitative estimate of drug-likeness (QED) is 0.451. The molecule has 0 aliphatic heterocycles. The van der Waals surface area contributed by atoms with Gasteiger partial charge in [0.25, 0.3) is 0 Å². The molecular formula is C14H17ClO3. The molecule has 0 heterocycles. The van der Waals surface area contributed by atoms with Gasteiger partial charge < -0.3 is 9.47 Å². The van der Waals surface area contributed by atoms with Crippen molar-refractivity contribution in [2.75, 3.05) is 13.7 Å². The third-order valence-corrected chi connectivity index (χ3v) is 2.71. The third-order valence-electron chi connectivity index (χ3n) is 2.46. The smallest absolute Gasteiger partial charge is 0.333 e. The van der Waals surface area contributed by atoms with Gasteiger partial charge in [0.15, 0.2) is 0 Å². The first-order valence-corrected chi connectivity index (χ1v) is 6.14. The van der Waals surface area contributed by atoms with Crippen molar-refractivity contribution in [3.8, 4) is 0 Å². The van der Waals surface area contributed by atoms with E-state index in [1.807, 2.05) is 31.2 Å². The molecule has 0 N–H and O–H groups in total. The largest absolute Gasteiger partial charge is 0.466 e. The molecule has 1 aromatic rings. The molecule has 4 heteroatoms. The minimum atomic E-state index is -0.299. The molecule has 0 radical (unpaired) electrons. The summed E-state index contributed by atoms with van der Waals surface area (Å²) in [6.07, 6.45) is 2.39. The highest BCUT2D eigenvalue weighted by atomic mass is 35.5. The monoisotopic (exact) mass is 268 g/mol. The van der Waals surface area contributed by atoms with Crippen molar-refractivity contribution in [3.63, 3.8) is 0 Å². The molecule has 0 amide bonds. The summed E-state index contributed by atoms with van der Waals surface area (Å²) in [6, 6.07) is 7.46. The third kappa shape index (κ3) is 4.90.